The van der Waals surface area contributed by atoms with E-state index in [1.165, 1.54) is 12.7 Å². The highest BCUT2D eigenvalue weighted by molar-refractivity contribution is 7.47. The second kappa shape index (κ2) is 9.82. The van der Waals surface area contributed by atoms with Gasteiger partial charge in [0.25, 0.3) is 0 Å². The first-order chi connectivity index (χ1) is 14.7. The molecule has 0 aliphatic carbocycles. The highest BCUT2D eigenvalue weighted by atomic mass is 31.2. The van der Waals surface area contributed by atoms with Crippen LogP contribution >= 0.6 is 15.6 Å². The predicted octanol–water partition coefficient (Wildman–Crippen LogP) is 1.61. The lowest BCUT2D eigenvalue weighted by Gasteiger charge is -2.21. The van der Waals surface area contributed by atoms with Crippen LogP contribution in [0, 0.1) is 0 Å². The van der Waals surface area contributed by atoms with Crippen molar-refractivity contribution < 1.29 is 41.7 Å². The molecule has 1 saturated heterocycles. The zero-order valence-corrected chi connectivity index (χ0v) is 18.5. The Hall–Kier alpha value is -1.73. The van der Waals surface area contributed by atoms with Crippen LogP contribution in [0.15, 0.2) is 25.3 Å². The highest BCUT2D eigenvalue weighted by Crippen LogP contribution is 2.49. The van der Waals surface area contributed by atoms with Crippen LogP contribution in [0.4, 0.5) is 5.82 Å². The molecule has 0 bridgehead atoms. The number of imidazole rings is 1. The van der Waals surface area contributed by atoms with Gasteiger partial charge in [0, 0.05) is 27.2 Å². The average molecular weight is 479 g/mol. The van der Waals surface area contributed by atoms with Gasteiger partial charge in [0.15, 0.2) is 17.0 Å². The van der Waals surface area contributed by atoms with E-state index in [2.05, 4.69) is 35.9 Å². The molecule has 0 spiro atoms. The van der Waals surface area contributed by atoms with E-state index in [1.54, 1.807) is 10.6 Å². The standard InChI is InChI=1S/C15H23N5O9P2/c1-4-5-16-14-13-15(18-8-17-14)20(9-19-13)12-6-10(29-31(23,24)26-3)11(28-12)7-27-30(21,22)25-2/h4,8-12H,1,5-7H2,2-3H3,(H,21,22)(H,23,24)(H,16,17,18)/t10?,11-,12-/m1/s1. The van der Waals surface area contributed by atoms with Gasteiger partial charge in [-0.25, -0.2) is 24.1 Å². The van der Waals surface area contributed by atoms with Crippen LogP contribution in [0.3, 0.4) is 0 Å². The van der Waals surface area contributed by atoms with Crippen LogP contribution in [0.2, 0.25) is 0 Å². The van der Waals surface area contributed by atoms with E-state index in [4.69, 9.17) is 13.8 Å². The Balaban J connectivity index is 1.85. The van der Waals surface area contributed by atoms with Crippen molar-refractivity contribution in [2.45, 2.75) is 24.9 Å². The summed E-state index contributed by atoms with van der Waals surface area (Å²) in [5.74, 6) is 0.495. The quantitative estimate of drug-likeness (QED) is 0.313. The van der Waals surface area contributed by atoms with E-state index < -0.39 is 40.7 Å². The van der Waals surface area contributed by atoms with Crippen LogP contribution < -0.4 is 5.32 Å². The fourth-order valence-electron chi connectivity index (χ4n) is 2.93. The number of fused-ring (bicyclic) bond motifs is 1. The molecule has 5 atom stereocenters. The number of hydrogen-bond donors (Lipinski definition) is 3. The number of phosphoric acid groups is 2. The van der Waals surface area contributed by atoms with Gasteiger partial charge in [-0.15, -0.1) is 6.58 Å². The number of aromatic nitrogens is 4. The predicted molar refractivity (Wildman–Crippen MR) is 107 cm³/mol. The van der Waals surface area contributed by atoms with Crippen molar-refractivity contribution in [1.82, 2.24) is 19.5 Å². The molecule has 16 heteroatoms. The van der Waals surface area contributed by atoms with Crippen LogP contribution in [0.25, 0.3) is 11.2 Å². The zero-order chi connectivity index (χ0) is 22.6. The van der Waals surface area contributed by atoms with E-state index in [1.807, 2.05) is 0 Å². The Labute approximate surface area is 177 Å². The van der Waals surface area contributed by atoms with E-state index in [0.29, 0.717) is 23.5 Å². The van der Waals surface area contributed by atoms with Crippen LogP contribution in [-0.4, -0.2) is 68.9 Å². The summed E-state index contributed by atoms with van der Waals surface area (Å²) in [5, 5.41) is 3.05. The Kier molecular flexibility index (Phi) is 7.58. The van der Waals surface area contributed by atoms with Gasteiger partial charge in [-0.1, -0.05) is 6.08 Å². The number of anilines is 1. The minimum absolute atomic E-state index is 0.0789. The number of rotatable bonds is 11. The molecular formula is C15H23N5O9P2. The van der Waals surface area contributed by atoms with Gasteiger partial charge in [0.05, 0.1) is 12.9 Å². The molecule has 1 fully saturated rings. The molecule has 0 amide bonds. The summed E-state index contributed by atoms with van der Waals surface area (Å²) >= 11 is 0. The molecule has 3 unspecified atom stereocenters. The van der Waals surface area contributed by atoms with Crippen LogP contribution in [0.5, 0.6) is 0 Å². The molecule has 2 aromatic rings. The molecule has 0 aromatic carbocycles. The fourth-order valence-corrected chi connectivity index (χ4v) is 4.02. The van der Waals surface area contributed by atoms with Crippen molar-refractivity contribution in [3.05, 3.63) is 25.3 Å². The van der Waals surface area contributed by atoms with E-state index in [-0.39, 0.29) is 6.42 Å². The molecule has 3 heterocycles. The summed E-state index contributed by atoms with van der Waals surface area (Å²) in [5.41, 5.74) is 0.921. The molecule has 3 rings (SSSR count). The monoisotopic (exact) mass is 479 g/mol. The number of ether oxygens (including phenoxy) is 1. The average Bonchev–Trinajstić information content (AvgIpc) is 3.34. The van der Waals surface area contributed by atoms with Crippen molar-refractivity contribution in [3.63, 3.8) is 0 Å². The third-order valence-electron chi connectivity index (χ3n) is 4.40. The minimum atomic E-state index is -4.37. The van der Waals surface area contributed by atoms with Crippen molar-refractivity contribution >= 4 is 32.6 Å². The second-order valence-corrected chi connectivity index (χ2v) is 9.40. The molecule has 172 valence electrons. The summed E-state index contributed by atoms with van der Waals surface area (Å²) in [6.45, 7) is 3.67. The number of nitrogens with zero attached hydrogens (tertiary/aromatic N) is 4. The Morgan fingerprint density at radius 2 is 2.03 bits per heavy atom. The molecule has 0 radical (unpaired) electrons. The molecule has 31 heavy (non-hydrogen) atoms. The first kappa shape index (κ1) is 23.9. The van der Waals surface area contributed by atoms with Crippen molar-refractivity contribution in [2.24, 2.45) is 0 Å². The molecule has 0 saturated carbocycles. The van der Waals surface area contributed by atoms with Gasteiger partial charge in [-0.05, 0) is 0 Å². The highest BCUT2D eigenvalue weighted by Gasteiger charge is 2.43. The first-order valence-electron chi connectivity index (χ1n) is 8.97. The molecule has 3 N–H and O–H groups in total. The van der Waals surface area contributed by atoms with Crippen LogP contribution in [-0.2, 0) is 32.0 Å². The Bertz CT molecular complexity index is 1020. The lowest BCUT2D eigenvalue weighted by molar-refractivity contribution is -0.0430. The van der Waals surface area contributed by atoms with E-state index in [9.17, 15) is 18.9 Å². The number of hydrogen-bond acceptors (Lipinski definition) is 11. The summed E-state index contributed by atoms with van der Waals surface area (Å²) in [6.07, 6.45) is 1.84. The maximum Gasteiger partial charge on any atom is 0.472 e. The molecular weight excluding hydrogens is 456 g/mol. The lowest BCUT2D eigenvalue weighted by atomic mass is 10.2. The summed E-state index contributed by atoms with van der Waals surface area (Å²) < 4.78 is 49.9. The van der Waals surface area contributed by atoms with Gasteiger partial charge >= 0.3 is 15.6 Å². The van der Waals surface area contributed by atoms with Crippen molar-refractivity contribution in [3.8, 4) is 0 Å². The van der Waals surface area contributed by atoms with Gasteiger partial charge in [0.1, 0.15) is 24.8 Å². The van der Waals surface area contributed by atoms with Gasteiger partial charge < -0.3 is 19.8 Å². The Morgan fingerprint density at radius 3 is 2.71 bits per heavy atom. The van der Waals surface area contributed by atoms with Gasteiger partial charge in [-0.3, -0.25) is 22.7 Å². The van der Waals surface area contributed by atoms with E-state index in [0.717, 1.165) is 14.2 Å². The largest absolute Gasteiger partial charge is 0.472 e. The second-order valence-electron chi connectivity index (χ2n) is 6.32. The minimum Gasteiger partial charge on any atom is -0.365 e. The first-order valence-corrected chi connectivity index (χ1v) is 12.0. The summed E-state index contributed by atoms with van der Waals surface area (Å²) in [4.78, 5) is 31.9. The maximum absolute atomic E-state index is 11.9. The summed E-state index contributed by atoms with van der Waals surface area (Å²) in [6, 6.07) is 0. The summed E-state index contributed by atoms with van der Waals surface area (Å²) in [7, 11) is -6.65. The number of nitrogens with one attached hydrogen (secondary N) is 1. The van der Waals surface area contributed by atoms with E-state index >= 15 is 0 Å². The smallest absolute Gasteiger partial charge is 0.365 e. The van der Waals surface area contributed by atoms with Gasteiger partial charge in [-0.2, -0.15) is 0 Å². The third kappa shape index (κ3) is 5.75. The SMILES string of the molecule is C=CCNc1ncnc2c1ncn2[C@H]1CC(OP(=O)(O)OC)[C@@H](COP(=O)(O)OC)O1. The third-order valence-corrected chi connectivity index (χ3v) is 6.33. The normalized spacial score (nSPS) is 25.2. The zero-order valence-electron chi connectivity index (χ0n) is 16.7. The van der Waals surface area contributed by atoms with Crippen LogP contribution in [0.1, 0.15) is 12.6 Å². The Morgan fingerprint density at radius 1 is 1.29 bits per heavy atom. The van der Waals surface area contributed by atoms with Crippen molar-refractivity contribution in [2.75, 3.05) is 32.7 Å². The topological polar surface area (TPSA) is 176 Å². The lowest BCUT2D eigenvalue weighted by Crippen LogP contribution is -2.28. The van der Waals surface area contributed by atoms with Crippen molar-refractivity contribution in [1.29, 1.82) is 0 Å². The molecule has 1 aliphatic rings. The van der Waals surface area contributed by atoms with Gasteiger partial charge in [0.2, 0.25) is 0 Å². The molecule has 1 aliphatic heterocycles. The maximum atomic E-state index is 11.9. The fraction of sp³-hybridized carbons (Fsp3) is 0.533. The molecule has 2 aromatic heterocycles. The molecule has 14 nitrogen and oxygen atoms in total. The number of phosphoric ester groups is 2.